The number of hydrogen-bond donors (Lipinski definition) is 0. The van der Waals surface area contributed by atoms with Crippen LogP contribution >= 0.6 is 0 Å². The molecule has 0 aliphatic heterocycles. The Morgan fingerprint density at radius 1 is 0.238 bits per heavy atom. The predicted octanol–water partition coefficient (Wildman–Crippen LogP) is 5.56. The zero-order valence-electron chi connectivity index (χ0n) is 15.5. The Kier molecular flexibility index (Phi) is 9.07. The van der Waals surface area contributed by atoms with Crippen molar-refractivity contribution in [1.82, 2.24) is 0 Å². The van der Waals surface area contributed by atoms with Gasteiger partial charge in [-0.15, -0.1) is 0 Å². The van der Waals surface area contributed by atoms with Gasteiger partial charge in [-0.25, -0.2) is 0 Å². The molecule has 0 bridgehead atoms. The van der Waals surface area contributed by atoms with Crippen LogP contribution in [0.5, 0.6) is 0 Å². The molecule has 0 aromatic heterocycles. The first kappa shape index (κ1) is 21.9. The van der Waals surface area contributed by atoms with Crippen molar-refractivity contribution in [2.45, 2.75) is 69.2 Å². The molecule has 0 amide bonds. The zero-order valence-corrected chi connectivity index (χ0v) is 19.4. The van der Waals surface area contributed by atoms with Crippen LogP contribution in [0.2, 0.25) is 0 Å². The minimum atomic E-state index is 0. The summed E-state index contributed by atoms with van der Waals surface area (Å²) in [4.78, 5) is 0. The van der Waals surface area contributed by atoms with Gasteiger partial charge in [0, 0.05) is 0 Å². The fraction of sp³-hybridized carbons (Fsp3) is 0.500. The number of hydrogen-bond acceptors (Lipinski definition) is 0. The Morgan fingerprint density at radius 2 is 0.286 bits per heavy atom. The van der Waals surface area contributed by atoms with E-state index in [1.165, 1.54) is 59.2 Å². The van der Waals surface area contributed by atoms with Crippen molar-refractivity contribution >= 4 is 27.3 Å². The van der Waals surface area contributed by atoms with Gasteiger partial charge in [0.1, 0.15) is 0 Å². The van der Waals surface area contributed by atoms with Gasteiger partial charge in [-0.1, -0.05) is 69.2 Å². The van der Waals surface area contributed by atoms with Gasteiger partial charge in [0.25, 0.3) is 0 Å². The topological polar surface area (TPSA) is 0 Å². The van der Waals surface area contributed by atoms with Crippen LogP contribution in [0, 0.1) is 59.2 Å². The summed E-state index contributed by atoms with van der Waals surface area (Å²) < 4.78 is 0. The molecule has 0 heterocycles. The van der Waals surface area contributed by atoms with Gasteiger partial charge >= 0.3 is 27.3 Å². The molecule has 0 aromatic rings. The fourth-order valence-electron chi connectivity index (χ4n) is 2.81. The molecule has 2 saturated carbocycles. The largest absolute Gasteiger partial charge is 2.00 e. The molecule has 21 heavy (non-hydrogen) atoms. The van der Waals surface area contributed by atoms with Crippen molar-refractivity contribution in [1.29, 1.82) is 0 Å². The second-order valence-corrected chi connectivity index (χ2v) is 6.25. The van der Waals surface area contributed by atoms with Crippen molar-refractivity contribution in [2.75, 3.05) is 0 Å². The summed E-state index contributed by atoms with van der Waals surface area (Å²) in [5.74, 6) is 14.7. The van der Waals surface area contributed by atoms with Gasteiger partial charge in [0.05, 0.1) is 0 Å². The molecule has 2 aliphatic rings. The normalized spacial score (nSPS) is 27.1. The SMILES string of the molecule is C[C]1[C](C)[C](C)[C](C)[C]1C.C[C]1[C](C)[C](C)[C](C)[C]1C.[Pb+2]. The van der Waals surface area contributed by atoms with Crippen molar-refractivity contribution in [2.24, 2.45) is 0 Å². The summed E-state index contributed by atoms with van der Waals surface area (Å²) in [6.45, 7) is 22.0. The molecule has 0 aromatic carbocycles. The van der Waals surface area contributed by atoms with Gasteiger partial charge in [-0.2, -0.15) is 0 Å². The van der Waals surface area contributed by atoms with Crippen molar-refractivity contribution < 1.29 is 0 Å². The smallest absolute Gasteiger partial charge is 0.0579 e. The molecule has 2 rings (SSSR count). The van der Waals surface area contributed by atoms with Crippen LogP contribution in [-0.2, 0) is 0 Å². The maximum atomic E-state index is 2.20. The maximum absolute atomic E-state index is 2.20. The van der Waals surface area contributed by atoms with E-state index in [0.29, 0.717) is 0 Å². The molecule has 2 aliphatic carbocycles. The molecule has 12 radical (unpaired) electrons. The van der Waals surface area contributed by atoms with Crippen molar-refractivity contribution in [3.8, 4) is 0 Å². The third-order valence-electron chi connectivity index (χ3n) is 5.62. The molecule has 0 atom stereocenters. The van der Waals surface area contributed by atoms with E-state index in [1.54, 1.807) is 0 Å². The first-order valence-electron chi connectivity index (χ1n) is 7.50. The van der Waals surface area contributed by atoms with E-state index in [0.717, 1.165) is 0 Å². The van der Waals surface area contributed by atoms with E-state index in [2.05, 4.69) is 69.2 Å². The number of rotatable bonds is 0. The Bertz CT molecular complexity index is 181. The molecule has 112 valence electrons. The molecule has 0 unspecified atom stereocenters. The average Bonchev–Trinajstić information content (AvgIpc) is 2.71. The third kappa shape index (κ3) is 4.47. The third-order valence-corrected chi connectivity index (χ3v) is 5.62. The first-order chi connectivity index (χ1) is 9.11. The molecular formula is C20H30Pb+2. The quantitative estimate of drug-likeness (QED) is 0.401. The van der Waals surface area contributed by atoms with Gasteiger partial charge in [-0.05, 0) is 59.2 Å². The molecule has 0 N–H and O–H groups in total. The Balaban J connectivity index is 0.000000364. The van der Waals surface area contributed by atoms with Gasteiger partial charge in [0.2, 0.25) is 0 Å². The van der Waals surface area contributed by atoms with Crippen LogP contribution in [0.4, 0.5) is 0 Å². The minimum Gasteiger partial charge on any atom is -0.0579 e. The van der Waals surface area contributed by atoms with Crippen LogP contribution in [0.25, 0.3) is 0 Å². The summed E-state index contributed by atoms with van der Waals surface area (Å²) in [6, 6.07) is 0. The van der Waals surface area contributed by atoms with Crippen LogP contribution in [0.3, 0.4) is 0 Å². The standard InChI is InChI=1S/2C10H15.Pb/c2*1-6-7(2)9(4)10(5)8(6)3;/h2*1-5H3;/q;;+2. The van der Waals surface area contributed by atoms with Gasteiger partial charge in [-0.3, -0.25) is 0 Å². The maximum Gasteiger partial charge on any atom is 2.00 e. The summed E-state index contributed by atoms with van der Waals surface area (Å²) in [5, 5.41) is 0. The van der Waals surface area contributed by atoms with Gasteiger partial charge < -0.3 is 0 Å². The molecule has 2 fully saturated rings. The molecule has 0 nitrogen and oxygen atoms in total. The van der Waals surface area contributed by atoms with E-state index >= 15 is 0 Å². The molecule has 1 heteroatoms. The molecule has 0 saturated heterocycles. The summed E-state index contributed by atoms with van der Waals surface area (Å²) in [5.41, 5.74) is 0. The second-order valence-electron chi connectivity index (χ2n) is 6.25. The Hall–Kier alpha value is 0.922. The Morgan fingerprint density at radius 3 is 0.333 bits per heavy atom. The minimum absolute atomic E-state index is 0. The average molecular weight is 478 g/mol. The van der Waals surface area contributed by atoms with E-state index in [-0.39, 0.29) is 27.3 Å². The van der Waals surface area contributed by atoms with Crippen molar-refractivity contribution in [3.05, 3.63) is 59.2 Å². The van der Waals surface area contributed by atoms with Gasteiger partial charge in [0.15, 0.2) is 0 Å². The molecule has 0 spiro atoms. The second kappa shape index (κ2) is 8.68. The predicted molar refractivity (Wildman–Crippen MR) is 94.9 cm³/mol. The van der Waals surface area contributed by atoms with Crippen LogP contribution in [-0.4, -0.2) is 27.3 Å². The van der Waals surface area contributed by atoms with E-state index in [1.807, 2.05) is 0 Å². The summed E-state index contributed by atoms with van der Waals surface area (Å²) >= 11 is 0. The first-order valence-corrected chi connectivity index (χ1v) is 7.50. The summed E-state index contributed by atoms with van der Waals surface area (Å²) in [7, 11) is 0. The molecular weight excluding hydrogens is 447 g/mol. The van der Waals surface area contributed by atoms with E-state index < -0.39 is 0 Å². The zero-order chi connectivity index (χ0) is 15.8. The fourth-order valence-corrected chi connectivity index (χ4v) is 2.81. The van der Waals surface area contributed by atoms with Crippen molar-refractivity contribution in [3.63, 3.8) is 0 Å². The van der Waals surface area contributed by atoms with E-state index in [9.17, 15) is 0 Å². The van der Waals surface area contributed by atoms with E-state index in [4.69, 9.17) is 0 Å². The summed E-state index contributed by atoms with van der Waals surface area (Å²) in [6.07, 6.45) is 0. The van der Waals surface area contributed by atoms with Crippen LogP contribution in [0.15, 0.2) is 0 Å². The Labute approximate surface area is 155 Å². The van der Waals surface area contributed by atoms with Crippen LogP contribution < -0.4 is 0 Å². The monoisotopic (exact) mass is 478 g/mol. The van der Waals surface area contributed by atoms with Crippen LogP contribution in [0.1, 0.15) is 69.2 Å².